The normalized spacial score (nSPS) is 14.7. The van der Waals surface area contributed by atoms with Crippen molar-refractivity contribution in [1.29, 1.82) is 5.41 Å². The second kappa shape index (κ2) is 11.9. The zero-order valence-electron chi connectivity index (χ0n) is 28.3. The molecular formula is C45H38N4. The van der Waals surface area contributed by atoms with E-state index >= 15 is 0 Å². The van der Waals surface area contributed by atoms with Crippen LogP contribution in [-0.4, -0.2) is 16.1 Å². The van der Waals surface area contributed by atoms with Crippen LogP contribution in [0.5, 0.6) is 0 Å². The molecule has 0 spiro atoms. The summed E-state index contributed by atoms with van der Waals surface area (Å²) in [5.74, 6) is 0.766. The van der Waals surface area contributed by atoms with Gasteiger partial charge in [-0.3, -0.25) is 0 Å². The van der Waals surface area contributed by atoms with E-state index in [1.807, 2.05) is 68.5 Å². The van der Waals surface area contributed by atoms with Crippen LogP contribution < -0.4 is 5.32 Å². The molecule has 0 unspecified atom stereocenters. The average Bonchev–Trinajstić information content (AvgIpc) is 3.61. The number of hydrogen-bond donors (Lipinski definition) is 2. The van der Waals surface area contributed by atoms with Crippen molar-refractivity contribution in [3.8, 4) is 16.8 Å². The zero-order valence-corrected chi connectivity index (χ0v) is 28.3. The summed E-state index contributed by atoms with van der Waals surface area (Å²) in [6.45, 7) is 8.71. The molecule has 1 aromatic heterocycles. The molecule has 49 heavy (non-hydrogen) atoms. The Morgan fingerprint density at radius 1 is 0.673 bits per heavy atom. The molecule has 0 amide bonds. The predicted molar refractivity (Wildman–Crippen MR) is 207 cm³/mol. The number of para-hydroxylation sites is 2. The summed E-state index contributed by atoms with van der Waals surface area (Å²) >= 11 is 0. The summed E-state index contributed by atoms with van der Waals surface area (Å²) in [6.07, 6.45) is 1.90. The van der Waals surface area contributed by atoms with Gasteiger partial charge in [0, 0.05) is 33.0 Å². The van der Waals surface area contributed by atoms with E-state index in [2.05, 4.69) is 115 Å². The van der Waals surface area contributed by atoms with Crippen LogP contribution >= 0.6 is 0 Å². The SMILES string of the molecule is CC.CC1(C)c2ccccc2-c2ccc3c4ccccc4n(-c4ccc(C5=Nc6ccccc6/C(=C/C(=N)c6ccccc6)N5)cc4)c3c21. The third kappa shape index (κ3) is 4.83. The highest BCUT2D eigenvalue weighted by atomic mass is 15.0. The summed E-state index contributed by atoms with van der Waals surface area (Å²) in [5.41, 5.74) is 13.9. The molecular weight excluding hydrogens is 597 g/mol. The number of aromatic nitrogens is 1. The maximum atomic E-state index is 8.78. The van der Waals surface area contributed by atoms with Gasteiger partial charge in [0.05, 0.1) is 28.1 Å². The first kappa shape index (κ1) is 30.3. The number of benzene rings is 6. The van der Waals surface area contributed by atoms with Crippen molar-refractivity contribution >= 4 is 44.7 Å². The van der Waals surface area contributed by atoms with Crippen molar-refractivity contribution in [3.63, 3.8) is 0 Å². The molecule has 7 aromatic rings. The van der Waals surface area contributed by atoms with Gasteiger partial charge < -0.3 is 15.3 Å². The number of amidine groups is 1. The van der Waals surface area contributed by atoms with Crippen molar-refractivity contribution < 1.29 is 0 Å². The lowest BCUT2D eigenvalue weighted by atomic mass is 9.81. The van der Waals surface area contributed by atoms with E-state index in [4.69, 9.17) is 10.4 Å². The molecule has 0 fully saturated rings. The fourth-order valence-electron chi connectivity index (χ4n) is 7.59. The summed E-state index contributed by atoms with van der Waals surface area (Å²) in [5, 5.41) is 14.9. The van der Waals surface area contributed by atoms with Gasteiger partial charge in [-0.15, -0.1) is 0 Å². The Bertz CT molecular complexity index is 2460. The highest BCUT2D eigenvalue weighted by Gasteiger charge is 2.38. The molecule has 0 saturated carbocycles. The van der Waals surface area contributed by atoms with Gasteiger partial charge in [-0.05, 0) is 70.3 Å². The van der Waals surface area contributed by atoms with Crippen LogP contribution in [0.2, 0.25) is 0 Å². The van der Waals surface area contributed by atoms with Crippen LogP contribution in [0.1, 0.15) is 55.5 Å². The number of nitrogens with zero attached hydrogens (tertiary/aromatic N) is 2. The maximum Gasteiger partial charge on any atom is 0.138 e. The zero-order chi connectivity index (χ0) is 33.7. The molecule has 0 saturated heterocycles. The molecule has 6 aromatic carbocycles. The van der Waals surface area contributed by atoms with Crippen LogP contribution in [0.15, 0.2) is 151 Å². The molecule has 0 radical (unpaired) electrons. The minimum Gasteiger partial charge on any atom is -0.339 e. The summed E-state index contributed by atoms with van der Waals surface area (Å²) < 4.78 is 2.44. The Balaban J connectivity index is 0.00000171. The van der Waals surface area contributed by atoms with E-state index < -0.39 is 0 Å². The van der Waals surface area contributed by atoms with Gasteiger partial charge in [0.15, 0.2) is 0 Å². The van der Waals surface area contributed by atoms with Gasteiger partial charge in [-0.2, -0.15) is 0 Å². The second-order valence-corrected chi connectivity index (χ2v) is 12.9. The summed E-state index contributed by atoms with van der Waals surface area (Å²) in [7, 11) is 0. The van der Waals surface area contributed by atoms with Crippen LogP contribution in [0.25, 0.3) is 44.3 Å². The van der Waals surface area contributed by atoms with Gasteiger partial charge in [-0.1, -0.05) is 131 Å². The third-order valence-electron chi connectivity index (χ3n) is 9.80. The minimum atomic E-state index is -0.137. The van der Waals surface area contributed by atoms with Crippen LogP contribution in [0.3, 0.4) is 0 Å². The lowest BCUT2D eigenvalue weighted by Gasteiger charge is -2.24. The average molecular weight is 635 g/mol. The van der Waals surface area contributed by atoms with Gasteiger partial charge in [-0.25, -0.2) is 4.99 Å². The Morgan fingerprint density at radius 2 is 1.35 bits per heavy atom. The number of rotatable bonds is 4. The van der Waals surface area contributed by atoms with E-state index in [0.717, 1.165) is 39.6 Å². The lowest BCUT2D eigenvalue weighted by Crippen LogP contribution is -2.26. The van der Waals surface area contributed by atoms with Crippen molar-refractivity contribution in [2.45, 2.75) is 33.1 Å². The molecule has 0 bridgehead atoms. The first-order valence-corrected chi connectivity index (χ1v) is 17.1. The van der Waals surface area contributed by atoms with Gasteiger partial charge in [0.1, 0.15) is 5.84 Å². The third-order valence-corrected chi connectivity index (χ3v) is 9.80. The topological polar surface area (TPSA) is 53.2 Å². The summed E-state index contributed by atoms with van der Waals surface area (Å²) in [6, 6.07) is 48.8. The second-order valence-electron chi connectivity index (χ2n) is 12.9. The molecule has 1 aliphatic heterocycles. The minimum absolute atomic E-state index is 0.137. The monoisotopic (exact) mass is 634 g/mol. The lowest BCUT2D eigenvalue weighted by molar-refractivity contribution is 0.664. The number of aliphatic imine (C=N–C) groups is 1. The quantitative estimate of drug-likeness (QED) is 0.186. The van der Waals surface area contributed by atoms with Crippen molar-refractivity contribution in [1.82, 2.24) is 9.88 Å². The van der Waals surface area contributed by atoms with Gasteiger partial charge in [0.25, 0.3) is 0 Å². The highest BCUT2D eigenvalue weighted by molar-refractivity contribution is 6.16. The molecule has 0 atom stereocenters. The van der Waals surface area contributed by atoms with E-state index in [9.17, 15) is 0 Å². The molecule has 2 N–H and O–H groups in total. The van der Waals surface area contributed by atoms with Gasteiger partial charge in [0.2, 0.25) is 0 Å². The van der Waals surface area contributed by atoms with Crippen LogP contribution in [-0.2, 0) is 5.41 Å². The summed E-state index contributed by atoms with van der Waals surface area (Å²) in [4.78, 5) is 5.01. The van der Waals surface area contributed by atoms with Crippen molar-refractivity contribution in [3.05, 3.63) is 173 Å². The Kier molecular flexibility index (Phi) is 7.37. The molecule has 2 heterocycles. The number of allylic oxidation sites excluding steroid dienone is 1. The van der Waals surface area contributed by atoms with Gasteiger partial charge >= 0.3 is 0 Å². The number of fused-ring (bicyclic) bond motifs is 8. The van der Waals surface area contributed by atoms with Crippen molar-refractivity contribution in [2.75, 3.05) is 0 Å². The number of hydrogen-bond acceptors (Lipinski definition) is 3. The Labute approximate surface area is 287 Å². The van der Waals surface area contributed by atoms with Crippen LogP contribution in [0, 0.1) is 5.41 Å². The van der Waals surface area contributed by atoms with E-state index in [1.54, 1.807) is 0 Å². The predicted octanol–water partition coefficient (Wildman–Crippen LogP) is 11.2. The first-order valence-electron chi connectivity index (χ1n) is 17.1. The smallest absolute Gasteiger partial charge is 0.138 e. The fraction of sp³-hybridized carbons (Fsp3) is 0.111. The van der Waals surface area contributed by atoms with Crippen molar-refractivity contribution in [2.24, 2.45) is 4.99 Å². The molecule has 1 aliphatic carbocycles. The van der Waals surface area contributed by atoms with E-state index in [1.165, 1.54) is 44.1 Å². The fourth-order valence-corrected chi connectivity index (χ4v) is 7.59. The Hall–Kier alpha value is -6.00. The van der Waals surface area contributed by atoms with Crippen LogP contribution in [0.4, 0.5) is 5.69 Å². The van der Waals surface area contributed by atoms with E-state index in [0.29, 0.717) is 5.71 Å². The molecule has 2 aliphatic rings. The molecule has 238 valence electrons. The molecule has 4 nitrogen and oxygen atoms in total. The first-order chi connectivity index (χ1) is 24.0. The maximum absolute atomic E-state index is 8.78. The number of nitrogens with one attached hydrogen (secondary N) is 2. The molecule has 9 rings (SSSR count). The Morgan fingerprint density at radius 3 is 2.14 bits per heavy atom. The standard InChI is InChI=1S/C43H32N4.C2H6/c1-43(2)35-17-9-6-14-30(35)32-24-25-33-31-15-8-11-19-39(31)47(41(33)40(32)43)29-22-20-28(21-23-29)42-45-37-18-10-7-16-34(37)38(46-42)26-36(44)27-12-4-3-5-13-27;1-2/h3-26,44H,1-2H3,(H,45,46);1-2H3/b38-26-,44-36?;. The highest BCUT2D eigenvalue weighted by Crippen LogP contribution is 2.52. The largest absolute Gasteiger partial charge is 0.339 e. The molecule has 4 heteroatoms. The van der Waals surface area contributed by atoms with E-state index in [-0.39, 0.29) is 5.41 Å².